The minimum atomic E-state index is -0.807. The third-order valence-electron chi connectivity index (χ3n) is 2.10. The highest BCUT2D eigenvalue weighted by atomic mass is 16.4. The fraction of sp³-hybridized carbons (Fsp3) is 0.889. The van der Waals surface area contributed by atoms with Gasteiger partial charge in [0.25, 0.3) is 0 Å². The molecule has 1 saturated heterocycles. The van der Waals surface area contributed by atoms with Crippen molar-refractivity contribution in [3.05, 3.63) is 0 Å². The average molecular weight is 186 g/mol. The molecule has 13 heavy (non-hydrogen) atoms. The van der Waals surface area contributed by atoms with Crippen molar-refractivity contribution in [2.45, 2.75) is 38.8 Å². The maximum atomic E-state index is 10.6. The molecule has 2 N–H and O–H groups in total. The van der Waals surface area contributed by atoms with Crippen LogP contribution in [0.4, 0.5) is 4.79 Å². The fourth-order valence-electron chi connectivity index (χ4n) is 1.66. The number of nitrogens with one attached hydrogen (secondary N) is 1. The molecule has 1 amide bonds. The van der Waals surface area contributed by atoms with E-state index in [1.165, 1.54) is 4.90 Å². The van der Waals surface area contributed by atoms with Gasteiger partial charge in [-0.25, -0.2) is 4.79 Å². The third kappa shape index (κ3) is 3.22. The fourth-order valence-corrected chi connectivity index (χ4v) is 1.66. The van der Waals surface area contributed by atoms with Gasteiger partial charge in [-0.1, -0.05) is 0 Å². The summed E-state index contributed by atoms with van der Waals surface area (Å²) in [7, 11) is 0. The van der Waals surface area contributed by atoms with Crippen LogP contribution in [-0.4, -0.2) is 40.8 Å². The molecule has 1 atom stereocenters. The maximum Gasteiger partial charge on any atom is 0.407 e. The van der Waals surface area contributed by atoms with Gasteiger partial charge >= 0.3 is 6.09 Å². The number of carboxylic acid groups (broad SMARTS) is 1. The molecule has 76 valence electrons. The normalized spacial score (nSPS) is 23.6. The smallest absolute Gasteiger partial charge is 0.407 e. The topological polar surface area (TPSA) is 52.6 Å². The van der Waals surface area contributed by atoms with Crippen molar-refractivity contribution < 1.29 is 9.90 Å². The van der Waals surface area contributed by atoms with Gasteiger partial charge < -0.3 is 15.3 Å². The molecular weight excluding hydrogens is 168 g/mol. The quantitative estimate of drug-likeness (QED) is 0.645. The zero-order valence-corrected chi connectivity index (χ0v) is 8.50. The number of likely N-dealkylation sites (tertiary alicyclic amines) is 1. The van der Waals surface area contributed by atoms with E-state index in [2.05, 4.69) is 26.1 Å². The van der Waals surface area contributed by atoms with Crippen LogP contribution in [0.1, 0.15) is 27.2 Å². The SMILES string of the molecule is CC(C)(C)N[C@@H]1CCN(C(=O)O)C1. The van der Waals surface area contributed by atoms with Crippen LogP contribution in [0, 0.1) is 0 Å². The molecule has 1 aliphatic rings. The first-order chi connectivity index (χ1) is 5.88. The summed E-state index contributed by atoms with van der Waals surface area (Å²) in [4.78, 5) is 12.1. The van der Waals surface area contributed by atoms with Crippen LogP contribution in [0.3, 0.4) is 0 Å². The molecule has 1 aliphatic heterocycles. The lowest BCUT2D eigenvalue weighted by Gasteiger charge is -2.25. The van der Waals surface area contributed by atoms with Crippen LogP contribution in [-0.2, 0) is 0 Å². The van der Waals surface area contributed by atoms with Crippen LogP contribution in [0.15, 0.2) is 0 Å². The lowest BCUT2D eigenvalue weighted by atomic mass is 10.1. The zero-order chi connectivity index (χ0) is 10.1. The first-order valence-corrected chi connectivity index (χ1v) is 4.64. The lowest BCUT2D eigenvalue weighted by molar-refractivity contribution is 0.154. The van der Waals surface area contributed by atoms with Gasteiger partial charge in [0.1, 0.15) is 0 Å². The molecule has 0 unspecified atom stereocenters. The number of carbonyl (C=O) groups is 1. The summed E-state index contributed by atoms with van der Waals surface area (Å²) in [5.74, 6) is 0. The van der Waals surface area contributed by atoms with Crippen LogP contribution < -0.4 is 5.32 Å². The first-order valence-electron chi connectivity index (χ1n) is 4.64. The summed E-state index contributed by atoms with van der Waals surface area (Å²) in [5, 5.41) is 12.1. The number of amides is 1. The van der Waals surface area contributed by atoms with Crippen LogP contribution >= 0.6 is 0 Å². The van der Waals surface area contributed by atoms with Gasteiger partial charge in [0.15, 0.2) is 0 Å². The van der Waals surface area contributed by atoms with Crippen molar-refractivity contribution in [2.75, 3.05) is 13.1 Å². The lowest BCUT2D eigenvalue weighted by Crippen LogP contribution is -2.45. The van der Waals surface area contributed by atoms with E-state index in [0.29, 0.717) is 19.1 Å². The monoisotopic (exact) mass is 186 g/mol. The number of nitrogens with zero attached hydrogens (tertiary/aromatic N) is 1. The Morgan fingerprint density at radius 1 is 1.54 bits per heavy atom. The van der Waals surface area contributed by atoms with Gasteiger partial charge in [0.2, 0.25) is 0 Å². The molecule has 0 aromatic rings. The summed E-state index contributed by atoms with van der Waals surface area (Å²) in [6, 6.07) is 0.316. The van der Waals surface area contributed by atoms with E-state index >= 15 is 0 Å². The van der Waals surface area contributed by atoms with Gasteiger partial charge in [0.05, 0.1) is 0 Å². The Hall–Kier alpha value is -0.770. The number of hydrogen-bond acceptors (Lipinski definition) is 2. The standard InChI is InChI=1S/C9H18N2O2/c1-9(2,3)10-7-4-5-11(6-7)8(12)13/h7,10H,4-6H2,1-3H3,(H,12,13)/t7-/m1/s1. The summed E-state index contributed by atoms with van der Waals surface area (Å²) in [6.45, 7) is 7.55. The summed E-state index contributed by atoms with van der Waals surface area (Å²) >= 11 is 0. The van der Waals surface area contributed by atoms with Crippen LogP contribution in [0.2, 0.25) is 0 Å². The minimum Gasteiger partial charge on any atom is -0.465 e. The zero-order valence-electron chi connectivity index (χ0n) is 8.50. The highest BCUT2D eigenvalue weighted by molar-refractivity contribution is 5.65. The Balaban J connectivity index is 2.38. The Morgan fingerprint density at radius 3 is 2.54 bits per heavy atom. The van der Waals surface area contributed by atoms with Crippen molar-refractivity contribution in [1.82, 2.24) is 10.2 Å². The molecular formula is C9H18N2O2. The van der Waals surface area contributed by atoms with Crippen LogP contribution in [0.5, 0.6) is 0 Å². The summed E-state index contributed by atoms with van der Waals surface area (Å²) in [5.41, 5.74) is 0.0686. The van der Waals surface area contributed by atoms with Gasteiger partial charge in [-0.3, -0.25) is 0 Å². The van der Waals surface area contributed by atoms with Gasteiger partial charge in [-0.05, 0) is 27.2 Å². The average Bonchev–Trinajstić information content (AvgIpc) is 2.31. The van der Waals surface area contributed by atoms with E-state index in [1.807, 2.05) is 0 Å². The molecule has 0 bridgehead atoms. The van der Waals surface area contributed by atoms with E-state index < -0.39 is 6.09 Å². The number of hydrogen-bond donors (Lipinski definition) is 2. The predicted molar refractivity (Wildman–Crippen MR) is 50.9 cm³/mol. The molecule has 1 heterocycles. The minimum absolute atomic E-state index is 0.0686. The molecule has 0 radical (unpaired) electrons. The summed E-state index contributed by atoms with van der Waals surface area (Å²) < 4.78 is 0. The third-order valence-corrected chi connectivity index (χ3v) is 2.10. The maximum absolute atomic E-state index is 10.6. The molecule has 0 aromatic heterocycles. The van der Waals surface area contributed by atoms with E-state index in [1.54, 1.807) is 0 Å². The highest BCUT2D eigenvalue weighted by Gasteiger charge is 2.28. The van der Waals surface area contributed by atoms with Crippen molar-refractivity contribution in [3.8, 4) is 0 Å². The van der Waals surface area contributed by atoms with Crippen molar-refractivity contribution in [3.63, 3.8) is 0 Å². The second-order valence-corrected chi connectivity index (χ2v) is 4.61. The van der Waals surface area contributed by atoms with Crippen LogP contribution in [0.25, 0.3) is 0 Å². The second kappa shape index (κ2) is 3.54. The molecule has 4 heteroatoms. The Kier molecular flexibility index (Phi) is 2.81. The number of rotatable bonds is 1. The van der Waals surface area contributed by atoms with E-state index in [9.17, 15) is 4.79 Å². The Morgan fingerprint density at radius 2 is 2.15 bits per heavy atom. The van der Waals surface area contributed by atoms with Gasteiger partial charge in [0, 0.05) is 24.7 Å². The molecule has 1 fully saturated rings. The van der Waals surface area contributed by atoms with Gasteiger partial charge in [-0.15, -0.1) is 0 Å². The molecule has 0 aliphatic carbocycles. The van der Waals surface area contributed by atoms with Gasteiger partial charge in [-0.2, -0.15) is 0 Å². The highest BCUT2D eigenvalue weighted by Crippen LogP contribution is 2.12. The molecule has 0 spiro atoms. The Bertz CT molecular complexity index is 198. The van der Waals surface area contributed by atoms with E-state index in [-0.39, 0.29) is 5.54 Å². The summed E-state index contributed by atoms with van der Waals surface area (Å²) in [6.07, 6.45) is 0.113. The predicted octanol–water partition coefficient (Wildman–Crippen LogP) is 1.13. The van der Waals surface area contributed by atoms with E-state index in [4.69, 9.17) is 5.11 Å². The molecule has 0 aromatic carbocycles. The second-order valence-electron chi connectivity index (χ2n) is 4.61. The first kappa shape index (κ1) is 10.3. The largest absolute Gasteiger partial charge is 0.465 e. The molecule has 1 rings (SSSR count). The molecule has 4 nitrogen and oxygen atoms in total. The van der Waals surface area contributed by atoms with Crippen molar-refractivity contribution in [2.24, 2.45) is 0 Å². The van der Waals surface area contributed by atoms with Crippen molar-refractivity contribution >= 4 is 6.09 Å². The Labute approximate surface area is 78.9 Å². The van der Waals surface area contributed by atoms with E-state index in [0.717, 1.165) is 6.42 Å². The van der Waals surface area contributed by atoms with Crippen molar-refractivity contribution in [1.29, 1.82) is 0 Å². The molecule has 0 saturated carbocycles.